The zero-order valence-electron chi connectivity index (χ0n) is 12.6. The van der Waals surface area contributed by atoms with Crippen molar-refractivity contribution in [2.75, 3.05) is 19.3 Å². The number of guanidine groups is 1. The number of alkyl halides is 3. The molecular formula is C12H14F4IN5OS. The molecule has 0 aliphatic carbocycles. The van der Waals surface area contributed by atoms with Crippen LogP contribution in [-0.2, 0) is 15.5 Å². The standard InChI is InChI=1S/C12H14F4IN5OS/c1-11(9-7(13)3-4-8(17)20-9)6-24(23,19-5-12(14,15)16)22(2)10(18)21-11/h3-4H,5-6H2,1-2H3,(H2,18,21)/t11-,24+/m0/s1. The first-order valence-electron chi connectivity index (χ1n) is 6.55. The van der Waals surface area contributed by atoms with Gasteiger partial charge in [-0.2, -0.15) is 13.2 Å². The molecule has 12 heteroatoms. The van der Waals surface area contributed by atoms with Crippen LogP contribution in [-0.4, -0.2) is 45.0 Å². The van der Waals surface area contributed by atoms with E-state index in [0.29, 0.717) is 3.70 Å². The van der Waals surface area contributed by atoms with Crippen molar-refractivity contribution in [3.63, 3.8) is 0 Å². The number of hydrogen-bond acceptors (Lipinski definition) is 5. The van der Waals surface area contributed by atoms with Gasteiger partial charge in [0.1, 0.15) is 37.2 Å². The highest BCUT2D eigenvalue weighted by molar-refractivity contribution is 14.1. The summed E-state index contributed by atoms with van der Waals surface area (Å²) in [6, 6.07) is 2.59. The van der Waals surface area contributed by atoms with Crippen LogP contribution in [0, 0.1) is 9.52 Å². The minimum Gasteiger partial charge on any atom is -0.369 e. The van der Waals surface area contributed by atoms with E-state index in [2.05, 4.69) is 14.3 Å². The van der Waals surface area contributed by atoms with Crippen LogP contribution in [0.15, 0.2) is 21.5 Å². The Morgan fingerprint density at radius 3 is 2.71 bits per heavy atom. The first kappa shape index (κ1) is 19.1. The van der Waals surface area contributed by atoms with Gasteiger partial charge in [0, 0.05) is 7.05 Å². The largest absolute Gasteiger partial charge is 0.408 e. The van der Waals surface area contributed by atoms with Crippen LogP contribution in [0.25, 0.3) is 0 Å². The monoisotopic (exact) mass is 479 g/mol. The molecule has 6 nitrogen and oxygen atoms in total. The van der Waals surface area contributed by atoms with Crippen molar-refractivity contribution in [3.8, 4) is 0 Å². The Morgan fingerprint density at radius 1 is 1.50 bits per heavy atom. The average molecular weight is 479 g/mol. The summed E-state index contributed by atoms with van der Waals surface area (Å²) in [5.74, 6) is -1.46. The van der Waals surface area contributed by atoms with Gasteiger partial charge < -0.3 is 5.73 Å². The molecule has 1 aromatic rings. The molecule has 1 aliphatic heterocycles. The highest BCUT2D eigenvalue weighted by Gasteiger charge is 2.42. The van der Waals surface area contributed by atoms with Crippen LogP contribution in [0.4, 0.5) is 17.6 Å². The van der Waals surface area contributed by atoms with E-state index in [0.717, 1.165) is 10.4 Å². The molecule has 2 N–H and O–H groups in total. The predicted octanol–water partition coefficient (Wildman–Crippen LogP) is 2.25. The summed E-state index contributed by atoms with van der Waals surface area (Å²) in [6.45, 7) is -0.182. The molecule has 0 amide bonds. The van der Waals surface area contributed by atoms with Gasteiger partial charge in [-0.1, -0.05) is 0 Å². The molecule has 134 valence electrons. The fourth-order valence-electron chi connectivity index (χ4n) is 2.19. The SMILES string of the molecule is CN1C(N)=N[C@](C)(c2nc(I)ccc2F)C[S@@]1(=O)=NCC(F)(F)F. The second-order valence-electron chi connectivity index (χ2n) is 5.36. The third-order valence-electron chi connectivity index (χ3n) is 3.35. The molecule has 0 radical (unpaired) electrons. The maximum Gasteiger partial charge on any atom is 0.408 e. The van der Waals surface area contributed by atoms with E-state index in [-0.39, 0.29) is 11.7 Å². The lowest BCUT2D eigenvalue weighted by atomic mass is 10.00. The first-order chi connectivity index (χ1) is 10.9. The highest BCUT2D eigenvalue weighted by Crippen LogP contribution is 2.33. The summed E-state index contributed by atoms with van der Waals surface area (Å²) >= 11 is 1.86. The van der Waals surface area contributed by atoms with E-state index in [1.165, 1.54) is 20.0 Å². The highest BCUT2D eigenvalue weighted by atomic mass is 127. The molecule has 0 spiro atoms. The van der Waals surface area contributed by atoms with Gasteiger partial charge in [0.25, 0.3) is 0 Å². The summed E-state index contributed by atoms with van der Waals surface area (Å²) in [6.07, 6.45) is -4.61. The Balaban J connectivity index is 2.58. The van der Waals surface area contributed by atoms with Crippen LogP contribution in [0.3, 0.4) is 0 Å². The number of aliphatic imine (C=N–C) groups is 1. The molecule has 0 saturated heterocycles. The fraction of sp³-hybridized carbons (Fsp3) is 0.500. The number of nitrogens with zero attached hydrogens (tertiary/aromatic N) is 4. The maximum atomic E-state index is 14.2. The van der Waals surface area contributed by atoms with E-state index in [1.54, 1.807) is 0 Å². The van der Waals surface area contributed by atoms with Crippen molar-refractivity contribution in [2.45, 2.75) is 18.6 Å². The van der Waals surface area contributed by atoms with Crippen LogP contribution >= 0.6 is 22.6 Å². The van der Waals surface area contributed by atoms with Crippen molar-refractivity contribution in [1.82, 2.24) is 9.29 Å². The Labute approximate surface area is 150 Å². The zero-order chi connectivity index (χ0) is 18.3. The lowest BCUT2D eigenvalue weighted by Gasteiger charge is -2.36. The van der Waals surface area contributed by atoms with Crippen molar-refractivity contribution in [3.05, 3.63) is 27.3 Å². The van der Waals surface area contributed by atoms with Crippen molar-refractivity contribution in [1.29, 1.82) is 0 Å². The third kappa shape index (κ3) is 3.90. The van der Waals surface area contributed by atoms with Crippen molar-refractivity contribution in [2.24, 2.45) is 15.1 Å². The van der Waals surface area contributed by atoms with Gasteiger partial charge >= 0.3 is 6.18 Å². The smallest absolute Gasteiger partial charge is 0.369 e. The maximum absolute atomic E-state index is 14.2. The van der Waals surface area contributed by atoms with Gasteiger partial charge in [-0.05, 0) is 41.6 Å². The van der Waals surface area contributed by atoms with E-state index in [1.807, 2.05) is 22.6 Å². The van der Waals surface area contributed by atoms with E-state index in [9.17, 15) is 21.8 Å². The molecule has 1 aliphatic rings. The summed E-state index contributed by atoms with van der Waals surface area (Å²) in [5, 5.41) is 0. The Kier molecular flexibility index (Phi) is 5.01. The zero-order valence-corrected chi connectivity index (χ0v) is 15.6. The molecule has 0 fully saturated rings. The van der Waals surface area contributed by atoms with Gasteiger partial charge in [0.15, 0.2) is 0 Å². The second-order valence-corrected chi connectivity index (χ2v) is 8.77. The molecule has 2 atom stereocenters. The second kappa shape index (κ2) is 6.28. The minimum atomic E-state index is -4.61. The number of aromatic nitrogens is 1. The molecule has 0 saturated carbocycles. The molecule has 0 unspecified atom stereocenters. The number of nitrogens with two attached hydrogens (primary N) is 1. The first-order valence-corrected chi connectivity index (χ1v) is 9.27. The Bertz CT molecular complexity index is 805. The van der Waals surface area contributed by atoms with Gasteiger partial charge in [0.2, 0.25) is 5.96 Å². The van der Waals surface area contributed by atoms with E-state index in [4.69, 9.17) is 5.73 Å². The minimum absolute atomic E-state index is 0.139. The Morgan fingerprint density at radius 2 is 2.12 bits per heavy atom. The molecule has 0 bridgehead atoms. The van der Waals surface area contributed by atoms with E-state index >= 15 is 0 Å². The van der Waals surface area contributed by atoms with Gasteiger partial charge in [-0.25, -0.2) is 22.9 Å². The molecule has 2 rings (SSSR count). The number of halogens is 5. The van der Waals surface area contributed by atoms with Crippen molar-refractivity contribution >= 4 is 38.5 Å². The molecule has 2 heterocycles. The summed E-state index contributed by atoms with van der Waals surface area (Å²) in [4.78, 5) is 8.14. The van der Waals surface area contributed by atoms with E-state index < -0.39 is 39.7 Å². The molecule has 1 aromatic heterocycles. The van der Waals surface area contributed by atoms with Gasteiger partial charge in [-0.15, -0.1) is 0 Å². The topological polar surface area (TPSA) is 83.9 Å². The number of hydrogen-bond donors (Lipinski definition) is 1. The van der Waals surface area contributed by atoms with Crippen molar-refractivity contribution < 1.29 is 21.8 Å². The Hall–Kier alpha value is -1.18. The van der Waals surface area contributed by atoms with Crippen LogP contribution in [0.5, 0.6) is 0 Å². The summed E-state index contributed by atoms with van der Waals surface area (Å²) in [5.41, 5.74) is 4.07. The molecule has 0 aromatic carbocycles. The average Bonchev–Trinajstić information content (AvgIpc) is 2.45. The summed E-state index contributed by atoms with van der Waals surface area (Å²) < 4.78 is 69.1. The van der Waals surface area contributed by atoms with Gasteiger partial charge in [0.05, 0.1) is 5.75 Å². The normalized spacial score (nSPS) is 27.8. The summed E-state index contributed by atoms with van der Waals surface area (Å²) in [7, 11) is -2.33. The lowest BCUT2D eigenvalue weighted by Crippen LogP contribution is -2.51. The predicted molar refractivity (Wildman–Crippen MR) is 90.0 cm³/mol. The third-order valence-corrected chi connectivity index (χ3v) is 6.46. The number of rotatable bonds is 2. The van der Waals surface area contributed by atoms with Crippen LogP contribution < -0.4 is 5.73 Å². The van der Waals surface area contributed by atoms with Gasteiger partial charge in [-0.3, -0.25) is 4.31 Å². The molecular weight excluding hydrogens is 465 g/mol. The van der Waals surface area contributed by atoms with Crippen LogP contribution in [0.2, 0.25) is 0 Å². The lowest BCUT2D eigenvalue weighted by molar-refractivity contribution is -0.117. The fourth-order valence-corrected chi connectivity index (χ4v) is 4.68. The molecule has 24 heavy (non-hydrogen) atoms. The number of pyridine rings is 1. The quantitative estimate of drug-likeness (QED) is 0.402. The van der Waals surface area contributed by atoms with Crippen LogP contribution in [0.1, 0.15) is 12.6 Å².